The molecule has 0 aliphatic rings. The number of azo groups is 3. The Morgan fingerprint density at radius 2 is 0.629 bits per heavy atom. The van der Waals surface area contributed by atoms with E-state index in [4.69, 9.17) is 9.11 Å². The van der Waals surface area contributed by atoms with E-state index in [2.05, 4.69) is 30.7 Å². The zero-order valence-electron chi connectivity index (χ0n) is 35.8. The van der Waals surface area contributed by atoms with Gasteiger partial charge in [0.05, 0.1) is 48.8 Å². The summed E-state index contributed by atoms with van der Waals surface area (Å²) in [6.45, 7) is 0. The van der Waals surface area contributed by atoms with Gasteiger partial charge in [0.25, 0.3) is 20.2 Å². The van der Waals surface area contributed by atoms with Crippen LogP contribution in [-0.2, 0) is 30.4 Å². The van der Waals surface area contributed by atoms with E-state index in [-0.39, 0.29) is 49.3 Å². The maximum Gasteiger partial charge on any atom is 3.00 e. The molecule has 0 heterocycles. The topological polar surface area (TPSA) is 306 Å². The number of phenols is 1. The summed E-state index contributed by atoms with van der Waals surface area (Å²) in [5.74, 6) is -0.0151. The summed E-state index contributed by atoms with van der Waals surface area (Å²) in [6.07, 6.45) is 0. The van der Waals surface area contributed by atoms with E-state index in [0.717, 1.165) is 5.39 Å². The van der Waals surface area contributed by atoms with Crippen molar-refractivity contribution in [2.45, 2.75) is 14.7 Å². The van der Waals surface area contributed by atoms with Gasteiger partial charge in [-0.15, -0.1) is 26.8 Å². The standard InChI is InChI=1S/3C16H12N2O4S.Al/c3*19-16-10-9-15(13-3-1-2-4-14(13)16)18-17-11-5-7-12(8-6-11)23(20,21)22;/h3*1-10,19H,(H,20,21,22);/q;;;+3/p-3. The van der Waals surface area contributed by atoms with Gasteiger partial charge in [-0.3, -0.25) is 9.11 Å². The van der Waals surface area contributed by atoms with Crippen LogP contribution in [0.25, 0.3) is 32.3 Å². The Kier molecular flexibility index (Phi) is 16.3. The molecule has 0 radical (unpaired) electrons. The number of rotatable bonds is 9. The summed E-state index contributed by atoms with van der Waals surface area (Å²) in [6, 6.07) is 46.4. The van der Waals surface area contributed by atoms with E-state index in [9.17, 15) is 45.1 Å². The van der Waals surface area contributed by atoms with E-state index in [1.165, 1.54) is 91.0 Å². The number of fused-ring (bicyclic) bond motifs is 3. The second-order valence-electron chi connectivity index (χ2n) is 14.4. The zero-order valence-corrected chi connectivity index (χ0v) is 39.4. The zero-order chi connectivity index (χ0) is 49.3. The number of hydrogen-bond donors (Lipinski definition) is 3. The van der Waals surface area contributed by atoms with Crippen molar-refractivity contribution >= 4 is 114 Å². The van der Waals surface area contributed by atoms with Crippen LogP contribution in [0.1, 0.15) is 0 Å². The fraction of sp³-hybridized carbons (Fsp3) is 0. The van der Waals surface area contributed by atoms with Crippen LogP contribution in [0.2, 0.25) is 0 Å². The van der Waals surface area contributed by atoms with E-state index in [0.29, 0.717) is 61.1 Å². The SMILES string of the molecule is O=S(=O)(O)c1ccc(N=Nc2ccc(O)c3ccccc23)cc1.O=S(=O)(O)c1ccc(N=Nc2ccc([O-])c3ccccc23)cc1.O=S(=O)([O-])c1ccc(N=Nc2ccc([O-])c3ccccc23)cc1.[Al+3]. The molecule has 0 fully saturated rings. The van der Waals surface area contributed by atoms with Gasteiger partial charge in [-0.05, 0) is 108 Å². The largest absolute Gasteiger partial charge is 3.00 e. The number of benzene rings is 9. The normalized spacial score (nSPS) is 11.9. The molecule has 0 bridgehead atoms. The van der Waals surface area contributed by atoms with Gasteiger partial charge in [0.1, 0.15) is 15.9 Å². The average molecular weight is 1010 g/mol. The smallest absolute Gasteiger partial charge is 0.872 e. The third-order valence-corrected chi connectivity index (χ3v) is 12.4. The van der Waals surface area contributed by atoms with Gasteiger partial charge in [0.15, 0.2) is 0 Å². The Labute approximate surface area is 410 Å². The quantitative estimate of drug-likeness (QED) is 0.0690. The van der Waals surface area contributed by atoms with Gasteiger partial charge < -0.3 is 19.9 Å². The van der Waals surface area contributed by atoms with Crippen molar-refractivity contribution < 1.29 is 54.2 Å². The van der Waals surface area contributed by atoms with E-state index in [1.54, 1.807) is 66.7 Å². The van der Waals surface area contributed by atoms with Gasteiger partial charge in [-0.25, -0.2) is 8.42 Å². The minimum Gasteiger partial charge on any atom is -0.872 e. The maximum atomic E-state index is 11.8. The van der Waals surface area contributed by atoms with E-state index < -0.39 is 30.4 Å². The molecule has 0 aliphatic heterocycles. The molecule has 18 nitrogen and oxygen atoms in total. The summed E-state index contributed by atoms with van der Waals surface area (Å²) in [4.78, 5) is -0.734. The second-order valence-corrected chi connectivity index (χ2v) is 18.6. The van der Waals surface area contributed by atoms with Crippen LogP contribution < -0.4 is 10.2 Å². The molecule has 22 heteroatoms. The molecule has 0 spiro atoms. The summed E-state index contributed by atoms with van der Waals surface area (Å²) >= 11 is 0. The molecule has 70 heavy (non-hydrogen) atoms. The average Bonchev–Trinajstić information content (AvgIpc) is 3.34. The molecule has 0 unspecified atom stereocenters. The molecule has 9 aromatic carbocycles. The number of phenolic OH excluding ortho intramolecular Hbond substituents is 1. The molecule has 3 N–H and O–H groups in total. The van der Waals surface area contributed by atoms with Gasteiger partial charge >= 0.3 is 17.4 Å². The van der Waals surface area contributed by atoms with Crippen molar-refractivity contribution in [1.82, 2.24) is 0 Å². The Morgan fingerprint density at radius 3 is 0.957 bits per heavy atom. The van der Waals surface area contributed by atoms with Crippen molar-refractivity contribution in [3.05, 3.63) is 182 Å². The van der Waals surface area contributed by atoms with Crippen LogP contribution >= 0.6 is 0 Å². The predicted octanol–water partition coefficient (Wildman–Crippen LogP) is 10.6. The maximum absolute atomic E-state index is 11.8. The van der Waals surface area contributed by atoms with Crippen LogP contribution in [-0.4, -0.2) is 61.4 Å². The van der Waals surface area contributed by atoms with Crippen LogP contribution in [0.3, 0.4) is 0 Å². The fourth-order valence-electron chi connectivity index (χ4n) is 6.42. The van der Waals surface area contributed by atoms with Crippen molar-refractivity contribution in [2.24, 2.45) is 30.7 Å². The van der Waals surface area contributed by atoms with Gasteiger partial charge in [-0.2, -0.15) is 32.2 Å². The van der Waals surface area contributed by atoms with E-state index in [1.807, 2.05) is 24.3 Å². The summed E-state index contributed by atoms with van der Waals surface area (Å²) in [5, 5.41) is 61.7. The van der Waals surface area contributed by atoms with Gasteiger partial charge in [-0.1, -0.05) is 84.9 Å². The van der Waals surface area contributed by atoms with Crippen molar-refractivity contribution in [3.8, 4) is 17.2 Å². The number of nitrogens with zero attached hydrogens (tertiary/aromatic N) is 6. The monoisotopic (exact) mass is 1010 g/mol. The summed E-state index contributed by atoms with van der Waals surface area (Å²) < 4.78 is 94.3. The Bertz CT molecular complexity index is 3390. The number of hydrogen-bond acceptors (Lipinski definition) is 16. The van der Waals surface area contributed by atoms with Crippen molar-refractivity contribution in [1.29, 1.82) is 0 Å². The van der Waals surface area contributed by atoms with Crippen molar-refractivity contribution in [2.75, 3.05) is 0 Å². The second kappa shape index (κ2) is 22.1. The first-order chi connectivity index (χ1) is 32.8. The third-order valence-electron chi connectivity index (χ3n) is 9.81. The van der Waals surface area contributed by atoms with Crippen LogP contribution in [0.15, 0.2) is 227 Å². The minimum absolute atomic E-state index is 0. The van der Waals surface area contributed by atoms with Gasteiger partial charge in [0, 0.05) is 21.5 Å². The van der Waals surface area contributed by atoms with Crippen LogP contribution in [0, 0.1) is 0 Å². The molecular formula is C48H33AlN6O12S3. The predicted molar refractivity (Wildman–Crippen MR) is 258 cm³/mol. The molecular weight excluding hydrogens is 976 g/mol. The van der Waals surface area contributed by atoms with Crippen molar-refractivity contribution in [3.63, 3.8) is 0 Å². The molecule has 9 aromatic rings. The van der Waals surface area contributed by atoms with Crippen LogP contribution in [0.4, 0.5) is 34.1 Å². The molecule has 0 atom stereocenters. The molecule has 0 aliphatic carbocycles. The van der Waals surface area contributed by atoms with Crippen LogP contribution in [0.5, 0.6) is 17.2 Å². The molecule has 0 aromatic heterocycles. The third kappa shape index (κ3) is 13.0. The fourth-order valence-corrected chi connectivity index (χ4v) is 7.85. The molecule has 0 saturated heterocycles. The van der Waals surface area contributed by atoms with E-state index >= 15 is 0 Å². The molecule has 0 amide bonds. The first-order valence-corrected chi connectivity index (χ1v) is 24.2. The Balaban J connectivity index is 0.000000171. The first-order valence-electron chi connectivity index (χ1n) is 19.9. The summed E-state index contributed by atoms with van der Waals surface area (Å²) in [5.41, 5.74) is 2.91. The summed E-state index contributed by atoms with van der Waals surface area (Å²) in [7, 11) is -12.9. The molecule has 9 rings (SSSR count). The molecule has 0 saturated carbocycles. The minimum atomic E-state index is -4.48. The first kappa shape index (κ1) is 51.6. The number of aromatic hydroxyl groups is 1. The Hall–Kier alpha value is -7.78. The molecule has 348 valence electrons. The van der Waals surface area contributed by atoms with Gasteiger partial charge in [0.2, 0.25) is 0 Å². The Morgan fingerprint density at radius 1 is 0.343 bits per heavy atom.